The summed E-state index contributed by atoms with van der Waals surface area (Å²) in [7, 11) is 5.33. The number of hydrogen-bond donors (Lipinski definition) is 3. The molecule has 0 atom stereocenters. The van der Waals surface area contributed by atoms with Gasteiger partial charge in [-0.25, -0.2) is 0 Å². The summed E-state index contributed by atoms with van der Waals surface area (Å²) in [6.45, 7) is 9.85. The summed E-state index contributed by atoms with van der Waals surface area (Å²) >= 11 is 0. The van der Waals surface area contributed by atoms with Gasteiger partial charge in [-0.15, -0.1) is 11.5 Å². The molecule has 12 heteroatoms. The zero-order valence-electron chi connectivity index (χ0n) is 21.4. The van der Waals surface area contributed by atoms with Crippen molar-refractivity contribution >= 4 is 11.6 Å². The SMILES string of the molecule is CN1CCNCC1.CN1CC[NH2+]CC1.CO.O=C1c2ccccc2C(=O)c2c1ccc([O-])c2[O-].[O-2].[O-2].[V]. The Labute approximate surface area is 230 Å². The van der Waals surface area contributed by atoms with Crippen LogP contribution in [0.1, 0.15) is 31.8 Å². The van der Waals surface area contributed by atoms with Gasteiger partial charge in [0.25, 0.3) is 0 Å². The molecule has 2 aliphatic heterocycles. The average molecular weight is 555 g/mol. The fourth-order valence-corrected chi connectivity index (χ4v) is 3.79. The number of nitrogens with one attached hydrogen (secondary N) is 1. The maximum absolute atomic E-state index is 12.1. The molecule has 0 bridgehead atoms. The summed E-state index contributed by atoms with van der Waals surface area (Å²) in [5.74, 6) is -2.62. The van der Waals surface area contributed by atoms with E-state index < -0.39 is 23.1 Å². The van der Waals surface area contributed by atoms with Crippen LogP contribution >= 0.6 is 0 Å². The molecule has 2 fully saturated rings. The number of quaternary nitrogens is 1. The first-order chi connectivity index (χ1) is 16.4. The second-order valence-electron chi connectivity index (χ2n) is 8.24. The van der Waals surface area contributed by atoms with Crippen LogP contribution in [0.25, 0.3) is 0 Å². The number of hydrogen-bond acceptors (Lipinski definition) is 8. The molecule has 37 heavy (non-hydrogen) atoms. The number of nitrogens with zero attached hydrogens (tertiary/aromatic N) is 2. The summed E-state index contributed by atoms with van der Waals surface area (Å²) in [5.41, 5.74) is 0.167. The Bertz CT molecular complexity index is 950. The van der Waals surface area contributed by atoms with Gasteiger partial charge in [0.1, 0.15) is 0 Å². The van der Waals surface area contributed by atoms with Crippen LogP contribution in [-0.4, -0.2) is 100 Å². The molecule has 3 aliphatic rings. The van der Waals surface area contributed by atoms with Crippen LogP contribution in [0.3, 0.4) is 0 Å². The molecular formula is C25H35N4O7V-5. The number of carbonyl (C=O) groups is 2. The third-order valence-electron chi connectivity index (χ3n) is 5.78. The van der Waals surface area contributed by atoms with Crippen LogP contribution in [0.5, 0.6) is 11.5 Å². The van der Waals surface area contributed by atoms with Gasteiger partial charge in [0.05, 0.1) is 13.1 Å². The molecule has 0 amide bonds. The maximum atomic E-state index is 12.1. The van der Waals surface area contributed by atoms with Crippen molar-refractivity contribution in [1.29, 1.82) is 0 Å². The Hall–Kier alpha value is -2.32. The normalized spacial score (nSPS) is 16.1. The molecule has 11 nitrogen and oxygen atoms in total. The number of likely N-dealkylation sites (N-methyl/N-ethyl adjacent to an activating group) is 2. The molecule has 207 valence electrons. The molecule has 0 unspecified atom stereocenters. The predicted octanol–water partition coefficient (Wildman–Crippen LogP) is -2.01. The van der Waals surface area contributed by atoms with Crippen LogP contribution in [0.2, 0.25) is 0 Å². The zero-order valence-corrected chi connectivity index (χ0v) is 22.8. The number of ketones is 2. The van der Waals surface area contributed by atoms with Crippen LogP contribution in [0.15, 0.2) is 36.4 Å². The number of rotatable bonds is 0. The number of carbonyl (C=O) groups excluding carboxylic acids is 2. The number of benzene rings is 2. The van der Waals surface area contributed by atoms with Crippen LogP contribution in [0, 0.1) is 0 Å². The minimum atomic E-state index is -0.902. The van der Waals surface area contributed by atoms with E-state index in [1.807, 2.05) is 0 Å². The second kappa shape index (κ2) is 18.9. The minimum absolute atomic E-state index is 0. The Morgan fingerprint density at radius 3 is 1.70 bits per heavy atom. The van der Waals surface area contributed by atoms with Gasteiger partial charge in [-0.3, -0.25) is 14.5 Å². The Balaban J connectivity index is 0. The van der Waals surface area contributed by atoms with Crippen molar-refractivity contribution in [2.24, 2.45) is 0 Å². The van der Waals surface area contributed by atoms with E-state index in [2.05, 4.69) is 34.5 Å². The molecule has 2 heterocycles. The monoisotopic (exact) mass is 554 g/mol. The summed E-state index contributed by atoms with van der Waals surface area (Å²) in [6.07, 6.45) is 0. The summed E-state index contributed by atoms with van der Waals surface area (Å²) in [6, 6.07) is 8.55. The first-order valence-electron chi connectivity index (χ1n) is 11.4. The molecule has 0 saturated carbocycles. The fourth-order valence-electron chi connectivity index (χ4n) is 3.79. The largest absolute Gasteiger partial charge is 2.00 e. The summed E-state index contributed by atoms with van der Waals surface area (Å²) in [4.78, 5) is 29.0. The van der Waals surface area contributed by atoms with Crippen LogP contribution in [-0.2, 0) is 29.5 Å². The van der Waals surface area contributed by atoms with Crippen molar-refractivity contribution < 1.29 is 59.7 Å². The average Bonchev–Trinajstić information content (AvgIpc) is 2.87. The first kappa shape index (κ1) is 36.8. The van der Waals surface area contributed by atoms with E-state index in [-0.39, 0.29) is 51.8 Å². The van der Waals surface area contributed by atoms with E-state index in [0.29, 0.717) is 0 Å². The van der Waals surface area contributed by atoms with Crippen LogP contribution < -0.4 is 20.8 Å². The van der Waals surface area contributed by atoms with E-state index in [9.17, 15) is 19.8 Å². The Morgan fingerprint density at radius 2 is 1.27 bits per heavy atom. The molecule has 0 spiro atoms. The van der Waals surface area contributed by atoms with Gasteiger partial charge in [0.2, 0.25) is 0 Å². The smallest absolute Gasteiger partial charge is 0.194 e. The molecule has 2 saturated heterocycles. The van der Waals surface area contributed by atoms with Crippen molar-refractivity contribution in [1.82, 2.24) is 15.1 Å². The Morgan fingerprint density at radius 1 is 0.784 bits per heavy atom. The van der Waals surface area contributed by atoms with E-state index in [1.165, 1.54) is 57.5 Å². The third kappa shape index (κ3) is 10.2. The summed E-state index contributed by atoms with van der Waals surface area (Å²) in [5, 5.41) is 35.6. The van der Waals surface area contributed by atoms with Gasteiger partial charge in [-0.05, 0) is 14.1 Å². The zero-order chi connectivity index (χ0) is 25.1. The molecule has 5 rings (SSSR count). The number of nitrogens with two attached hydrogens (primary N) is 1. The van der Waals surface area contributed by atoms with E-state index in [0.717, 1.165) is 26.3 Å². The van der Waals surface area contributed by atoms with Crippen molar-refractivity contribution in [2.45, 2.75) is 0 Å². The predicted molar refractivity (Wildman–Crippen MR) is 128 cm³/mol. The van der Waals surface area contributed by atoms with E-state index >= 15 is 0 Å². The van der Waals surface area contributed by atoms with Crippen molar-refractivity contribution in [3.63, 3.8) is 0 Å². The van der Waals surface area contributed by atoms with Gasteiger partial charge in [0, 0.05) is 87.2 Å². The molecule has 1 aliphatic carbocycles. The number of aliphatic hydroxyl groups excluding tert-OH is 1. The van der Waals surface area contributed by atoms with Gasteiger partial charge >= 0.3 is 0 Å². The van der Waals surface area contributed by atoms with Crippen molar-refractivity contribution in [3.8, 4) is 11.5 Å². The van der Waals surface area contributed by atoms with Gasteiger partial charge in [-0.1, -0.05) is 36.4 Å². The van der Waals surface area contributed by atoms with Crippen LogP contribution in [0.4, 0.5) is 0 Å². The molecular weight excluding hydrogens is 519 g/mol. The topological polar surface area (TPSA) is 193 Å². The third-order valence-corrected chi connectivity index (χ3v) is 5.78. The Kier molecular flexibility index (Phi) is 18.8. The maximum Gasteiger partial charge on any atom is 0.194 e. The molecule has 2 aromatic carbocycles. The molecule has 1 radical (unpaired) electrons. The summed E-state index contributed by atoms with van der Waals surface area (Å²) < 4.78 is 0. The second-order valence-corrected chi connectivity index (χ2v) is 8.24. The number of aliphatic hydroxyl groups is 1. The van der Waals surface area contributed by atoms with Gasteiger partial charge in [0.15, 0.2) is 11.6 Å². The van der Waals surface area contributed by atoms with E-state index in [4.69, 9.17) is 5.11 Å². The fraction of sp³-hybridized carbons (Fsp3) is 0.440. The number of piperazine rings is 2. The van der Waals surface area contributed by atoms with Gasteiger partial charge in [-0.2, -0.15) is 0 Å². The number of fused-ring (bicyclic) bond motifs is 2. The molecule has 0 aromatic heterocycles. The van der Waals surface area contributed by atoms with Gasteiger partial charge < -0.3 is 41.8 Å². The van der Waals surface area contributed by atoms with E-state index in [1.54, 1.807) is 12.1 Å². The standard InChI is InChI=1S/C14H8O4.2C5H12N2.CH4O.2O.V/c15-10-6-5-9-11(14(10)18)13(17)8-4-2-1-3-7(8)12(9)16;2*1-7-4-2-6-3-5-7;1-2;;;/h1-6,15,18H;2*6H,2-5H2,1H3;2H,1H3;;;/q;;;;2*-2;/p-1. The first-order valence-corrected chi connectivity index (χ1v) is 11.4. The quantitative estimate of drug-likeness (QED) is 0.284. The molecule has 2 aromatic rings. The molecule has 4 N–H and O–H groups in total. The van der Waals surface area contributed by atoms with Crippen molar-refractivity contribution in [3.05, 3.63) is 58.7 Å². The minimum Gasteiger partial charge on any atom is -2.00 e. The van der Waals surface area contributed by atoms with Crippen molar-refractivity contribution in [2.75, 3.05) is 73.6 Å².